The lowest BCUT2D eigenvalue weighted by Crippen LogP contribution is -2.10. The van der Waals surface area contributed by atoms with Crippen molar-refractivity contribution in [1.82, 2.24) is 0 Å². The van der Waals surface area contributed by atoms with Crippen LogP contribution in [0.25, 0.3) is 16.8 Å². The van der Waals surface area contributed by atoms with E-state index in [9.17, 15) is 4.79 Å². The van der Waals surface area contributed by atoms with Gasteiger partial charge in [0.05, 0.1) is 0 Å². The molecule has 0 radical (unpaired) electrons. The molecule has 3 nitrogen and oxygen atoms in total. The summed E-state index contributed by atoms with van der Waals surface area (Å²) in [5.74, 6) is -0.481. The van der Waals surface area contributed by atoms with Crippen molar-refractivity contribution in [3.8, 4) is 5.75 Å². The van der Waals surface area contributed by atoms with Crippen LogP contribution < -0.4 is 4.74 Å². The Balaban J connectivity index is 2.36. The van der Waals surface area contributed by atoms with E-state index in [-0.39, 0.29) is 5.76 Å². The van der Waals surface area contributed by atoms with Gasteiger partial charge in [-0.15, -0.1) is 0 Å². The number of ether oxygens (including phenoxy) is 1. The molecule has 3 rings (SSSR count). The van der Waals surface area contributed by atoms with Crippen molar-refractivity contribution < 1.29 is 14.6 Å². The lowest BCUT2D eigenvalue weighted by atomic mass is 10.0. The monoisotopic (exact) mass is 212 g/mol. The Morgan fingerprint density at radius 2 is 1.88 bits per heavy atom. The molecule has 3 heteroatoms. The fraction of sp³-hybridized carbons (Fsp3) is 0. The lowest BCUT2D eigenvalue weighted by Gasteiger charge is -2.16. The molecule has 0 unspecified atom stereocenters. The molecule has 0 fully saturated rings. The fourth-order valence-corrected chi connectivity index (χ4v) is 1.93. The summed E-state index contributed by atoms with van der Waals surface area (Å²) in [4.78, 5) is 10.9. The van der Waals surface area contributed by atoms with Gasteiger partial charge in [-0.3, -0.25) is 0 Å². The van der Waals surface area contributed by atoms with Crippen LogP contribution in [0.4, 0.5) is 0 Å². The summed E-state index contributed by atoms with van der Waals surface area (Å²) in [6.45, 7) is 0. The Labute approximate surface area is 91.6 Å². The predicted molar refractivity (Wildman–Crippen MR) is 60.2 cm³/mol. The maximum atomic E-state index is 10.9. The molecule has 0 aromatic heterocycles. The van der Waals surface area contributed by atoms with Crippen LogP contribution >= 0.6 is 0 Å². The molecular weight excluding hydrogens is 204 g/mol. The second-order valence-electron chi connectivity index (χ2n) is 3.62. The smallest absolute Gasteiger partial charge is 0.371 e. The van der Waals surface area contributed by atoms with E-state index < -0.39 is 5.97 Å². The number of carboxylic acids is 1. The minimum atomic E-state index is -1.05. The van der Waals surface area contributed by atoms with Crippen molar-refractivity contribution in [2.45, 2.75) is 0 Å². The van der Waals surface area contributed by atoms with E-state index in [1.165, 1.54) is 0 Å². The molecule has 1 aliphatic rings. The van der Waals surface area contributed by atoms with Crippen molar-refractivity contribution in [2.24, 2.45) is 0 Å². The van der Waals surface area contributed by atoms with Crippen LogP contribution in [-0.2, 0) is 4.79 Å². The molecule has 0 atom stereocenters. The van der Waals surface area contributed by atoms with Crippen LogP contribution in [0.5, 0.6) is 5.75 Å². The average molecular weight is 212 g/mol. The van der Waals surface area contributed by atoms with Crippen molar-refractivity contribution in [2.75, 3.05) is 0 Å². The minimum absolute atomic E-state index is 0.0359. The van der Waals surface area contributed by atoms with Crippen LogP contribution in [0.15, 0.2) is 42.2 Å². The summed E-state index contributed by atoms with van der Waals surface area (Å²) >= 11 is 0. The first-order valence-electron chi connectivity index (χ1n) is 4.90. The van der Waals surface area contributed by atoms with E-state index in [1.54, 1.807) is 12.1 Å². The van der Waals surface area contributed by atoms with Crippen molar-refractivity contribution in [3.05, 3.63) is 47.7 Å². The molecule has 78 valence electrons. The summed E-state index contributed by atoms with van der Waals surface area (Å²) in [6.07, 6.45) is 1.55. The quantitative estimate of drug-likeness (QED) is 0.790. The van der Waals surface area contributed by atoms with E-state index in [0.717, 1.165) is 16.3 Å². The Bertz CT molecular complexity index is 621. The molecule has 1 N–H and O–H groups in total. The molecule has 1 heterocycles. The average Bonchev–Trinajstić information content (AvgIpc) is 2.29. The highest BCUT2D eigenvalue weighted by atomic mass is 16.5. The van der Waals surface area contributed by atoms with E-state index in [2.05, 4.69) is 0 Å². The second kappa shape index (κ2) is 3.10. The number of carbonyl (C=O) groups is 1. The van der Waals surface area contributed by atoms with Crippen molar-refractivity contribution in [1.29, 1.82) is 0 Å². The highest BCUT2D eigenvalue weighted by Gasteiger charge is 2.18. The molecular formula is C13H8O3. The Morgan fingerprint density at radius 3 is 2.62 bits per heavy atom. The number of benzene rings is 2. The topological polar surface area (TPSA) is 46.5 Å². The van der Waals surface area contributed by atoms with Gasteiger partial charge in [0.2, 0.25) is 5.76 Å². The van der Waals surface area contributed by atoms with Gasteiger partial charge in [0, 0.05) is 5.39 Å². The normalized spacial score (nSPS) is 13.1. The third-order valence-electron chi connectivity index (χ3n) is 2.62. The van der Waals surface area contributed by atoms with Gasteiger partial charge in [-0.1, -0.05) is 30.3 Å². The first-order chi connectivity index (χ1) is 7.75. The van der Waals surface area contributed by atoms with Crippen LogP contribution in [0.3, 0.4) is 0 Å². The standard InChI is InChI=1S/C13H8O3/c14-13(15)11-7-9-5-1-3-8-4-2-6-10(16-11)12(8)9/h1-7H,(H,14,15). The molecule has 0 aliphatic carbocycles. The third-order valence-corrected chi connectivity index (χ3v) is 2.62. The SMILES string of the molecule is O=C(O)C1=Cc2cccc3cccc(c23)O1. The Hall–Kier alpha value is -2.29. The van der Waals surface area contributed by atoms with Gasteiger partial charge in [-0.25, -0.2) is 4.79 Å². The fourth-order valence-electron chi connectivity index (χ4n) is 1.93. The van der Waals surface area contributed by atoms with E-state index >= 15 is 0 Å². The molecule has 0 bridgehead atoms. The van der Waals surface area contributed by atoms with E-state index in [0.29, 0.717) is 5.75 Å². The van der Waals surface area contributed by atoms with Gasteiger partial charge in [-0.2, -0.15) is 0 Å². The molecule has 1 aliphatic heterocycles. The zero-order chi connectivity index (χ0) is 11.1. The summed E-state index contributed by atoms with van der Waals surface area (Å²) in [6, 6.07) is 11.4. The molecule has 0 saturated carbocycles. The number of hydrogen-bond acceptors (Lipinski definition) is 2. The number of rotatable bonds is 1. The zero-order valence-corrected chi connectivity index (χ0v) is 8.31. The minimum Gasteiger partial charge on any atom is -0.475 e. The van der Waals surface area contributed by atoms with Crippen LogP contribution in [-0.4, -0.2) is 11.1 Å². The second-order valence-corrected chi connectivity index (χ2v) is 3.62. The number of hydrogen-bond donors (Lipinski definition) is 1. The summed E-state index contributed by atoms with van der Waals surface area (Å²) in [5, 5.41) is 10.9. The predicted octanol–water partition coefficient (Wildman–Crippen LogP) is 2.66. The summed E-state index contributed by atoms with van der Waals surface area (Å²) < 4.78 is 5.33. The van der Waals surface area contributed by atoms with Crippen LogP contribution in [0, 0.1) is 0 Å². The van der Waals surface area contributed by atoms with Crippen molar-refractivity contribution in [3.63, 3.8) is 0 Å². The number of carboxylic acid groups (broad SMARTS) is 1. The van der Waals surface area contributed by atoms with Gasteiger partial charge in [-0.05, 0) is 23.1 Å². The highest BCUT2D eigenvalue weighted by molar-refractivity contribution is 6.02. The third kappa shape index (κ3) is 1.18. The zero-order valence-electron chi connectivity index (χ0n) is 8.31. The molecule has 0 amide bonds. The van der Waals surface area contributed by atoms with Crippen LogP contribution in [0.1, 0.15) is 5.56 Å². The Morgan fingerprint density at radius 1 is 1.12 bits per heavy atom. The molecule has 0 spiro atoms. The van der Waals surface area contributed by atoms with E-state index in [4.69, 9.17) is 9.84 Å². The Kier molecular flexibility index (Phi) is 1.74. The van der Waals surface area contributed by atoms with Gasteiger partial charge >= 0.3 is 5.97 Å². The van der Waals surface area contributed by atoms with E-state index in [1.807, 2.05) is 30.3 Å². The highest BCUT2D eigenvalue weighted by Crippen LogP contribution is 2.34. The largest absolute Gasteiger partial charge is 0.475 e. The van der Waals surface area contributed by atoms with Gasteiger partial charge in [0.1, 0.15) is 5.75 Å². The maximum absolute atomic E-state index is 10.9. The summed E-state index contributed by atoms with van der Waals surface area (Å²) in [5.41, 5.74) is 0.886. The first-order valence-corrected chi connectivity index (χ1v) is 4.90. The van der Waals surface area contributed by atoms with Gasteiger partial charge < -0.3 is 9.84 Å². The molecule has 2 aromatic rings. The molecule has 16 heavy (non-hydrogen) atoms. The summed E-state index contributed by atoms with van der Waals surface area (Å²) in [7, 11) is 0. The lowest BCUT2D eigenvalue weighted by molar-refractivity contribution is -0.134. The van der Waals surface area contributed by atoms with Gasteiger partial charge in [0.15, 0.2) is 0 Å². The molecule has 2 aromatic carbocycles. The van der Waals surface area contributed by atoms with Crippen LogP contribution in [0.2, 0.25) is 0 Å². The molecule has 0 saturated heterocycles. The van der Waals surface area contributed by atoms with Crippen molar-refractivity contribution >= 4 is 22.8 Å². The number of aliphatic carboxylic acids is 1. The first kappa shape index (κ1) is 8.97. The maximum Gasteiger partial charge on any atom is 0.371 e. The van der Waals surface area contributed by atoms with Gasteiger partial charge in [0.25, 0.3) is 0 Å².